The molecule has 1 aliphatic rings. The van der Waals surface area contributed by atoms with E-state index in [1.807, 2.05) is 0 Å². The third kappa shape index (κ3) is 5.17. The lowest BCUT2D eigenvalue weighted by molar-refractivity contribution is -0.127. The first-order valence-electron chi connectivity index (χ1n) is 10.7. The molecule has 10 heteroatoms. The van der Waals surface area contributed by atoms with Crippen LogP contribution in [-0.2, 0) is 4.79 Å². The zero-order valence-corrected chi connectivity index (χ0v) is 18.4. The summed E-state index contributed by atoms with van der Waals surface area (Å²) in [5.41, 5.74) is 7.02. The van der Waals surface area contributed by atoms with Gasteiger partial charge >= 0.3 is 0 Å². The van der Waals surface area contributed by atoms with Crippen molar-refractivity contribution in [2.75, 3.05) is 24.1 Å². The number of anilines is 2. The summed E-state index contributed by atoms with van der Waals surface area (Å²) in [4.78, 5) is 26.3. The zero-order chi connectivity index (χ0) is 24.1. The summed E-state index contributed by atoms with van der Waals surface area (Å²) in [5, 5.41) is 12.0. The predicted octanol–water partition coefficient (Wildman–Crippen LogP) is 3.39. The SMILES string of the molecule is C=CC(=O)N1CCC[C@@H](Nc2ncnc(N)c2C(=N)c2ccc(Oc3cccc(F)c3)nc2)C1. The number of rotatable bonds is 7. The average molecular weight is 462 g/mol. The molecule has 174 valence electrons. The molecule has 0 unspecified atom stereocenters. The van der Waals surface area contributed by atoms with Gasteiger partial charge in [-0.05, 0) is 37.1 Å². The number of amides is 1. The Labute approximate surface area is 196 Å². The first kappa shape index (κ1) is 22.8. The van der Waals surface area contributed by atoms with Gasteiger partial charge in [0.25, 0.3) is 0 Å². The Bertz CT molecular complexity index is 1220. The zero-order valence-electron chi connectivity index (χ0n) is 18.4. The standard InChI is InChI=1S/C24H24FN7O2/c1-2-20(33)32-10-4-6-17(13-32)31-24-21(23(27)29-14-30-24)22(26)15-8-9-19(28-12-15)34-18-7-3-5-16(25)11-18/h2-3,5,7-9,11-12,14,17,26H,1,4,6,10,13H2,(H3,27,29,30,31)/t17-/m1/s1. The molecule has 4 rings (SSSR count). The fraction of sp³-hybridized carbons (Fsp3) is 0.208. The second-order valence-corrected chi connectivity index (χ2v) is 7.77. The fourth-order valence-corrected chi connectivity index (χ4v) is 3.76. The molecule has 4 N–H and O–H groups in total. The van der Waals surface area contributed by atoms with Crippen LogP contribution in [0.25, 0.3) is 0 Å². The van der Waals surface area contributed by atoms with Crippen LogP contribution in [0.5, 0.6) is 11.6 Å². The molecule has 0 radical (unpaired) electrons. The van der Waals surface area contributed by atoms with Gasteiger partial charge in [0.1, 0.15) is 29.5 Å². The Morgan fingerprint density at radius 3 is 2.88 bits per heavy atom. The van der Waals surface area contributed by atoms with E-state index in [9.17, 15) is 9.18 Å². The molecule has 34 heavy (non-hydrogen) atoms. The molecule has 0 bridgehead atoms. The van der Waals surface area contributed by atoms with Crippen LogP contribution < -0.4 is 15.8 Å². The van der Waals surface area contributed by atoms with Crippen LogP contribution in [0, 0.1) is 11.2 Å². The lowest BCUT2D eigenvalue weighted by atomic mass is 10.0. The Balaban J connectivity index is 1.52. The number of piperidine rings is 1. The number of carbonyl (C=O) groups excluding carboxylic acids is 1. The number of benzene rings is 1. The number of nitrogens with two attached hydrogens (primary N) is 1. The minimum Gasteiger partial charge on any atom is -0.439 e. The average Bonchev–Trinajstić information content (AvgIpc) is 2.84. The van der Waals surface area contributed by atoms with Crippen molar-refractivity contribution in [1.82, 2.24) is 19.9 Å². The van der Waals surface area contributed by atoms with Gasteiger partial charge in [0.05, 0.1) is 11.3 Å². The second kappa shape index (κ2) is 10.1. The topological polar surface area (TPSA) is 130 Å². The van der Waals surface area contributed by atoms with Crippen molar-refractivity contribution in [3.63, 3.8) is 0 Å². The monoisotopic (exact) mass is 461 g/mol. The van der Waals surface area contributed by atoms with Gasteiger partial charge in [-0.1, -0.05) is 12.6 Å². The van der Waals surface area contributed by atoms with Gasteiger partial charge in [-0.3, -0.25) is 10.2 Å². The summed E-state index contributed by atoms with van der Waals surface area (Å²) in [6.45, 7) is 4.72. The van der Waals surface area contributed by atoms with Crippen molar-refractivity contribution in [1.29, 1.82) is 5.41 Å². The highest BCUT2D eigenvalue weighted by atomic mass is 19.1. The van der Waals surface area contributed by atoms with Crippen LogP contribution >= 0.6 is 0 Å². The van der Waals surface area contributed by atoms with Gasteiger partial charge in [0.2, 0.25) is 11.8 Å². The highest BCUT2D eigenvalue weighted by Gasteiger charge is 2.25. The van der Waals surface area contributed by atoms with E-state index in [4.69, 9.17) is 15.9 Å². The third-order valence-electron chi connectivity index (χ3n) is 5.42. The fourth-order valence-electron chi connectivity index (χ4n) is 3.76. The van der Waals surface area contributed by atoms with E-state index in [2.05, 4.69) is 26.8 Å². The summed E-state index contributed by atoms with van der Waals surface area (Å²) in [5.74, 6) is 0.609. The van der Waals surface area contributed by atoms with Crippen LogP contribution in [-0.4, -0.2) is 50.6 Å². The number of ether oxygens (including phenoxy) is 1. The number of aromatic nitrogens is 3. The molecule has 1 aliphatic heterocycles. The molecule has 2 aromatic heterocycles. The number of hydrogen-bond acceptors (Lipinski definition) is 8. The summed E-state index contributed by atoms with van der Waals surface area (Å²) < 4.78 is 18.9. The lowest BCUT2D eigenvalue weighted by Crippen LogP contribution is -2.44. The number of nitrogens with one attached hydrogen (secondary N) is 2. The Kier molecular flexibility index (Phi) is 6.77. The first-order chi connectivity index (χ1) is 16.4. The highest BCUT2D eigenvalue weighted by molar-refractivity contribution is 6.16. The number of nitrogen functional groups attached to an aromatic ring is 1. The Morgan fingerprint density at radius 2 is 2.15 bits per heavy atom. The summed E-state index contributed by atoms with van der Waals surface area (Å²) >= 11 is 0. The van der Waals surface area contributed by atoms with Gasteiger partial charge < -0.3 is 20.7 Å². The molecular formula is C24H24FN7O2. The van der Waals surface area contributed by atoms with Crippen molar-refractivity contribution in [3.8, 4) is 11.6 Å². The van der Waals surface area contributed by atoms with E-state index in [0.717, 1.165) is 12.8 Å². The maximum atomic E-state index is 13.4. The molecule has 1 saturated heterocycles. The molecule has 1 amide bonds. The van der Waals surface area contributed by atoms with Crippen LogP contribution in [0.3, 0.4) is 0 Å². The first-order valence-corrected chi connectivity index (χ1v) is 10.7. The van der Waals surface area contributed by atoms with E-state index in [1.165, 1.54) is 30.7 Å². The van der Waals surface area contributed by atoms with Gasteiger partial charge in [-0.25, -0.2) is 19.3 Å². The summed E-state index contributed by atoms with van der Waals surface area (Å²) in [6, 6.07) is 8.93. The smallest absolute Gasteiger partial charge is 0.246 e. The van der Waals surface area contributed by atoms with Gasteiger partial charge in [-0.15, -0.1) is 0 Å². The molecule has 1 atom stereocenters. The summed E-state index contributed by atoms with van der Waals surface area (Å²) in [7, 11) is 0. The summed E-state index contributed by atoms with van der Waals surface area (Å²) in [6.07, 6.45) is 5.78. The Morgan fingerprint density at radius 1 is 1.29 bits per heavy atom. The van der Waals surface area contributed by atoms with E-state index in [1.54, 1.807) is 29.2 Å². The van der Waals surface area contributed by atoms with Crippen molar-refractivity contribution in [2.24, 2.45) is 0 Å². The maximum absolute atomic E-state index is 13.4. The highest BCUT2D eigenvalue weighted by Crippen LogP contribution is 2.25. The number of halogens is 1. The molecule has 3 heterocycles. The van der Waals surface area contributed by atoms with Crippen LogP contribution in [0.1, 0.15) is 24.0 Å². The number of likely N-dealkylation sites (tertiary alicyclic amines) is 1. The molecule has 0 saturated carbocycles. The third-order valence-corrected chi connectivity index (χ3v) is 5.42. The molecule has 0 aliphatic carbocycles. The van der Waals surface area contributed by atoms with Crippen LogP contribution in [0.4, 0.5) is 16.0 Å². The number of hydrogen-bond donors (Lipinski definition) is 3. The minimum absolute atomic E-state index is 0.0568. The van der Waals surface area contributed by atoms with Gasteiger partial charge in [0.15, 0.2) is 0 Å². The lowest BCUT2D eigenvalue weighted by Gasteiger charge is -2.33. The largest absolute Gasteiger partial charge is 0.439 e. The molecule has 0 spiro atoms. The van der Waals surface area contributed by atoms with Crippen molar-refractivity contribution >= 4 is 23.3 Å². The molecule has 9 nitrogen and oxygen atoms in total. The van der Waals surface area contributed by atoms with E-state index < -0.39 is 5.82 Å². The number of carbonyl (C=O) groups is 1. The number of nitrogens with zero attached hydrogens (tertiary/aromatic N) is 4. The van der Waals surface area contributed by atoms with Gasteiger partial charge in [-0.2, -0.15) is 0 Å². The van der Waals surface area contributed by atoms with Crippen LogP contribution in [0.15, 0.2) is 61.6 Å². The molecule has 1 aromatic carbocycles. The second-order valence-electron chi connectivity index (χ2n) is 7.77. The van der Waals surface area contributed by atoms with Crippen LogP contribution in [0.2, 0.25) is 0 Å². The Hall–Kier alpha value is -4.34. The van der Waals surface area contributed by atoms with E-state index >= 15 is 0 Å². The number of pyridine rings is 1. The normalized spacial score (nSPS) is 15.4. The molecule has 1 fully saturated rings. The quantitative estimate of drug-likeness (QED) is 0.363. The minimum atomic E-state index is -0.412. The van der Waals surface area contributed by atoms with Crippen molar-refractivity contribution in [3.05, 3.63) is 78.5 Å². The van der Waals surface area contributed by atoms with Crippen molar-refractivity contribution in [2.45, 2.75) is 18.9 Å². The van der Waals surface area contributed by atoms with E-state index in [-0.39, 0.29) is 29.4 Å². The molecule has 3 aromatic rings. The van der Waals surface area contributed by atoms with Crippen molar-refractivity contribution < 1.29 is 13.9 Å². The predicted molar refractivity (Wildman–Crippen MR) is 127 cm³/mol. The van der Waals surface area contributed by atoms with Gasteiger partial charge in [0, 0.05) is 43.0 Å². The molecular weight excluding hydrogens is 437 g/mol. The maximum Gasteiger partial charge on any atom is 0.246 e. The van der Waals surface area contributed by atoms with E-state index in [0.29, 0.717) is 35.8 Å².